The number of amides is 1. The van der Waals surface area contributed by atoms with Crippen molar-refractivity contribution in [1.82, 2.24) is 9.78 Å². The van der Waals surface area contributed by atoms with Crippen LogP contribution in [0.1, 0.15) is 20.7 Å². The number of hydrogen-bond acceptors (Lipinski definition) is 4. The molecule has 0 aliphatic heterocycles. The van der Waals surface area contributed by atoms with Crippen molar-refractivity contribution in [3.63, 3.8) is 0 Å². The van der Waals surface area contributed by atoms with Gasteiger partial charge in [0.2, 0.25) is 0 Å². The summed E-state index contributed by atoms with van der Waals surface area (Å²) in [7, 11) is 1.69. The summed E-state index contributed by atoms with van der Waals surface area (Å²) < 4.78 is 15.2. The van der Waals surface area contributed by atoms with Crippen molar-refractivity contribution in [3.05, 3.63) is 95.9 Å². The number of nitrogens with one attached hydrogen (secondary N) is 2. The highest BCUT2D eigenvalue weighted by molar-refractivity contribution is 6.55. The predicted molar refractivity (Wildman–Crippen MR) is 133 cm³/mol. The fraction of sp³-hybridized carbons (Fsp3) is 0.0800. The standard InChI is InChI=1S/C25H19Cl2FN4O2/c1-29-21-12-15(23(33)24(26)27)10-11-19(21)22-20(14-32(31-22)18-8-3-2-4-9-18)25(34)30-17-7-5-6-16(28)13-17/h2-14,24,29H,1H3,(H,30,34). The number of halogens is 3. The number of rotatable bonds is 7. The van der Waals surface area contributed by atoms with E-state index in [0.717, 1.165) is 5.69 Å². The lowest BCUT2D eigenvalue weighted by Crippen LogP contribution is -2.13. The zero-order valence-electron chi connectivity index (χ0n) is 17.9. The van der Waals surface area contributed by atoms with Crippen molar-refractivity contribution in [2.24, 2.45) is 0 Å². The topological polar surface area (TPSA) is 76.0 Å². The summed E-state index contributed by atoms with van der Waals surface area (Å²) in [5.41, 5.74) is 3.14. The fourth-order valence-corrected chi connectivity index (χ4v) is 3.71. The Hall–Kier alpha value is -3.68. The molecule has 0 spiro atoms. The van der Waals surface area contributed by atoms with Crippen molar-refractivity contribution >= 4 is 46.3 Å². The first kappa shape index (κ1) is 23.5. The minimum atomic E-state index is -1.19. The SMILES string of the molecule is CNc1cc(C(=O)C(Cl)Cl)ccc1-c1nn(-c2ccccc2)cc1C(=O)Nc1cccc(F)c1. The second kappa shape index (κ2) is 10.1. The molecule has 0 atom stereocenters. The molecule has 0 aliphatic rings. The zero-order valence-corrected chi connectivity index (χ0v) is 19.4. The second-order valence-corrected chi connectivity index (χ2v) is 8.41. The number of carbonyl (C=O) groups is 2. The third kappa shape index (κ3) is 4.95. The van der Waals surface area contributed by atoms with Gasteiger partial charge in [-0.05, 0) is 42.5 Å². The quantitative estimate of drug-likeness (QED) is 0.244. The molecule has 6 nitrogen and oxygen atoms in total. The van der Waals surface area contributed by atoms with Crippen LogP contribution < -0.4 is 10.6 Å². The van der Waals surface area contributed by atoms with E-state index < -0.39 is 22.3 Å². The van der Waals surface area contributed by atoms with Gasteiger partial charge in [0.25, 0.3) is 5.91 Å². The van der Waals surface area contributed by atoms with Crippen LogP contribution in [0.15, 0.2) is 79.0 Å². The van der Waals surface area contributed by atoms with Gasteiger partial charge in [-0.25, -0.2) is 9.07 Å². The van der Waals surface area contributed by atoms with Gasteiger partial charge in [0, 0.05) is 35.7 Å². The summed E-state index contributed by atoms with van der Waals surface area (Å²) in [6, 6.07) is 19.8. The van der Waals surface area contributed by atoms with Gasteiger partial charge in [-0.1, -0.05) is 53.5 Å². The smallest absolute Gasteiger partial charge is 0.259 e. The molecule has 172 valence electrons. The molecule has 4 aromatic rings. The maximum atomic E-state index is 13.6. The monoisotopic (exact) mass is 496 g/mol. The zero-order chi connectivity index (χ0) is 24.2. The predicted octanol–water partition coefficient (Wildman–Crippen LogP) is 5.96. The number of para-hydroxylation sites is 1. The molecule has 0 aliphatic carbocycles. The Balaban J connectivity index is 1.82. The summed E-state index contributed by atoms with van der Waals surface area (Å²) in [6.45, 7) is 0. The van der Waals surface area contributed by atoms with Crippen LogP contribution in [0.4, 0.5) is 15.8 Å². The maximum Gasteiger partial charge on any atom is 0.259 e. The number of benzene rings is 3. The fourth-order valence-electron chi connectivity index (χ4n) is 3.45. The number of hydrogen-bond donors (Lipinski definition) is 2. The van der Waals surface area contributed by atoms with Crippen LogP contribution in [-0.4, -0.2) is 33.4 Å². The molecule has 0 saturated carbocycles. The van der Waals surface area contributed by atoms with E-state index in [1.54, 1.807) is 42.2 Å². The Morgan fingerprint density at radius 2 is 1.76 bits per heavy atom. The van der Waals surface area contributed by atoms with Crippen LogP contribution in [0.2, 0.25) is 0 Å². The van der Waals surface area contributed by atoms with Gasteiger partial charge in [-0.15, -0.1) is 0 Å². The first-order valence-electron chi connectivity index (χ1n) is 10.2. The van der Waals surface area contributed by atoms with Gasteiger partial charge in [0.15, 0.2) is 10.6 Å². The highest BCUT2D eigenvalue weighted by Crippen LogP contribution is 2.32. The molecule has 2 N–H and O–H groups in total. The normalized spacial score (nSPS) is 10.9. The molecular formula is C25H19Cl2FN4O2. The molecule has 3 aromatic carbocycles. The molecular weight excluding hydrogens is 478 g/mol. The van der Waals surface area contributed by atoms with E-state index in [4.69, 9.17) is 23.2 Å². The van der Waals surface area contributed by atoms with E-state index in [2.05, 4.69) is 15.7 Å². The van der Waals surface area contributed by atoms with Gasteiger partial charge in [0.05, 0.1) is 11.3 Å². The second-order valence-electron chi connectivity index (χ2n) is 7.31. The minimum Gasteiger partial charge on any atom is -0.388 e. The highest BCUT2D eigenvalue weighted by Gasteiger charge is 2.23. The Morgan fingerprint density at radius 3 is 2.44 bits per heavy atom. The number of nitrogens with zero attached hydrogens (tertiary/aromatic N) is 2. The third-order valence-corrected chi connectivity index (χ3v) is 5.49. The summed E-state index contributed by atoms with van der Waals surface area (Å²) in [5.74, 6) is -1.37. The highest BCUT2D eigenvalue weighted by atomic mass is 35.5. The van der Waals surface area contributed by atoms with Crippen LogP contribution in [0.3, 0.4) is 0 Å². The molecule has 1 heterocycles. The lowest BCUT2D eigenvalue weighted by atomic mass is 10.0. The number of alkyl halides is 2. The Labute approximate surface area is 205 Å². The third-order valence-electron chi connectivity index (χ3n) is 5.09. The molecule has 9 heteroatoms. The number of ketones is 1. The lowest BCUT2D eigenvalue weighted by molar-refractivity contribution is 0.100. The Morgan fingerprint density at radius 1 is 1.00 bits per heavy atom. The molecule has 34 heavy (non-hydrogen) atoms. The number of anilines is 2. The van der Waals surface area contributed by atoms with E-state index in [1.165, 1.54) is 18.2 Å². The lowest BCUT2D eigenvalue weighted by Gasteiger charge is -2.12. The van der Waals surface area contributed by atoms with Crippen molar-refractivity contribution in [1.29, 1.82) is 0 Å². The summed E-state index contributed by atoms with van der Waals surface area (Å²) in [6.07, 6.45) is 1.60. The molecule has 1 amide bonds. The summed E-state index contributed by atoms with van der Waals surface area (Å²) in [5, 5.41) is 10.4. The van der Waals surface area contributed by atoms with E-state index >= 15 is 0 Å². The summed E-state index contributed by atoms with van der Waals surface area (Å²) in [4.78, 5) is 24.3. The van der Waals surface area contributed by atoms with Gasteiger partial charge in [-0.3, -0.25) is 9.59 Å². The van der Waals surface area contributed by atoms with Crippen LogP contribution >= 0.6 is 23.2 Å². The van der Waals surface area contributed by atoms with E-state index in [9.17, 15) is 14.0 Å². The van der Waals surface area contributed by atoms with Gasteiger partial charge in [-0.2, -0.15) is 5.10 Å². The number of Topliss-reactive ketones (excluding diaryl/α,β-unsaturated/α-hetero) is 1. The molecule has 0 unspecified atom stereocenters. The van der Waals surface area contributed by atoms with Crippen molar-refractivity contribution in [2.75, 3.05) is 17.7 Å². The average Bonchev–Trinajstić information content (AvgIpc) is 3.29. The number of aromatic nitrogens is 2. The largest absolute Gasteiger partial charge is 0.388 e. The number of carbonyl (C=O) groups excluding carboxylic acids is 2. The molecule has 1 aromatic heterocycles. The Kier molecular flexibility index (Phi) is 6.95. The first-order valence-corrected chi connectivity index (χ1v) is 11.1. The summed E-state index contributed by atoms with van der Waals surface area (Å²) >= 11 is 11.5. The van der Waals surface area contributed by atoms with Gasteiger partial charge >= 0.3 is 0 Å². The van der Waals surface area contributed by atoms with E-state index in [1.807, 2.05) is 30.3 Å². The Bertz CT molecular complexity index is 1360. The molecule has 0 saturated heterocycles. The molecule has 4 rings (SSSR count). The van der Waals surface area contributed by atoms with Crippen molar-refractivity contribution in [3.8, 4) is 16.9 Å². The van der Waals surface area contributed by atoms with E-state index in [-0.39, 0.29) is 5.56 Å². The van der Waals surface area contributed by atoms with Crippen LogP contribution in [0, 0.1) is 5.82 Å². The molecule has 0 fully saturated rings. The van der Waals surface area contributed by atoms with Crippen molar-refractivity contribution < 1.29 is 14.0 Å². The van der Waals surface area contributed by atoms with E-state index in [0.29, 0.717) is 28.2 Å². The molecule has 0 bridgehead atoms. The van der Waals surface area contributed by atoms with Crippen LogP contribution in [0.25, 0.3) is 16.9 Å². The van der Waals surface area contributed by atoms with Crippen molar-refractivity contribution in [2.45, 2.75) is 4.84 Å². The average molecular weight is 497 g/mol. The van der Waals surface area contributed by atoms with Crippen LogP contribution in [0.5, 0.6) is 0 Å². The molecule has 0 radical (unpaired) electrons. The minimum absolute atomic E-state index is 0.260. The van der Waals surface area contributed by atoms with Gasteiger partial charge in [0.1, 0.15) is 11.5 Å². The maximum absolute atomic E-state index is 13.6. The van der Waals surface area contributed by atoms with Crippen LogP contribution in [-0.2, 0) is 0 Å². The van der Waals surface area contributed by atoms with Gasteiger partial charge < -0.3 is 10.6 Å². The first-order chi connectivity index (χ1) is 16.4.